The van der Waals surface area contributed by atoms with Crippen molar-refractivity contribution in [1.29, 1.82) is 0 Å². The molecule has 1 saturated heterocycles. The Bertz CT molecular complexity index is 651. The molecular formula is C12H17N3O5S. The minimum Gasteiger partial charge on any atom is -0.393 e. The highest BCUT2D eigenvalue weighted by Crippen LogP contribution is 2.28. The summed E-state index contributed by atoms with van der Waals surface area (Å²) in [6.07, 6.45) is -0.459. The summed E-state index contributed by atoms with van der Waals surface area (Å²) >= 11 is 0. The van der Waals surface area contributed by atoms with Crippen LogP contribution >= 0.6 is 0 Å². The summed E-state index contributed by atoms with van der Waals surface area (Å²) in [6, 6.07) is 3.51. The first kappa shape index (κ1) is 15.7. The summed E-state index contributed by atoms with van der Waals surface area (Å²) < 4.78 is 31.9. The van der Waals surface area contributed by atoms with Crippen LogP contribution in [0.2, 0.25) is 0 Å². The summed E-state index contributed by atoms with van der Waals surface area (Å²) in [6.45, 7) is 3.99. The number of ether oxygens (including phenoxy) is 1. The second-order valence-electron chi connectivity index (χ2n) is 5.06. The number of nitrogens with zero attached hydrogens (tertiary/aromatic N) is 2. The zero-order chi connectivity index (χ0) is 15.8. The monoisotopic (exact) mass is 315 g/mol. The summed E-state index contributed by atoms with van der Waals surface area (Å²) in [4.78, 5) is 10.0. The van der Waals surface area contributed by atoms with Crippen LogP contribution in [0.5, 0.6) is 0 Å². The van der Waals surface area contributed by atoms with Crippen LogP contribution in [0.15, 0.2) is 23.1 Å². The molecule has 116 valence electrons. The first-order valence-electron chi connectivity index (χ1n) is 6.41. The fourth-order valence-electron chi connectivity index (χ4n) is 2.32. The van der Waals surface area contributed by atoms with Gasteiger partial charge in [0.15, 0.2) is 0 Å². The van der Waals surface area contributed by atoms with E-state index in [4.69, 9.17) is 10.5 Å². The van der Waals surface area contributed by atoms with Gasteiger partial charge < -0.3 is 10.5 Å². The maximum Gasteiger partial charge on any atom is 0.293 e. The first-order chi connectivity index (χ1) is 9.71. The fraction of sp³-hybridized carbons (Fsp3) is 0.500. The van der Waals surface area contributed by atoms with Crippen LogP contribution in [-0.4, -0.2) is 42.9 Å². The Morgan fingerprint density at radius 2 is 1.90 bits per heavy atom. The molecule has 2 rings (SSSR count). The number of anilines is 1. The van der Waals surface area contributed by atoms with Gasteiger partial charge in [-0.2, -0.15) is 4.31 Å². The molecule has 0 unspecified atom stereocenters. The van der Waals surface area contributed by atoms with Crippen molar-refractivity contribution in [3.8, 4) is 0 Å². The molecule has 2 N–H and O–H groups in total. The molecule has 1 heterocycles. The molecule has 1 aliphatic heterocycles. The normalized spacial score (nSPS) is 23.9. The molecule has 0 bridgehead atoms. The van der Waals surface area contributed by atoms with E-state index in [-0.39, 0.29) is 35.9 Å². The number of nitrogens with two attached hydrogens (primary N) is 1. The summed E-state index contributed by atoms with van der Waals surface area (Å²) in [5.74, 6) is 0. The van der Waals surface area contributed by atoms with Gasteiger partial charge >= 0.3 is 0 Å². The second-order valence-corrected chi connectivity index (χ2v) is 7.00. The van der Waals surface area contributed by atoms with Gasteiger partial charge in [0.05, 0.1) is 22.0 Å². The Hall–Kier alpha value is -1.71. The van der Waals surface area contributed by atoms with Gasteiger partial charge in [-0.15, -0.1) is 0 Å². The Morgan fingerprint density at radius 1 is 1.33 bits per heavy atom. The van der Waals surface area contributed by atoms with Crippen molar-refractivity contribution in [2.45, 2.75) is 31.0 Å². The lowest BCUT2D eigenvalue weighted by atomic mass is 10.3. The van der Waals surface area contributed by atoms with Gasteiger partial charge in [-0.25, -0.2) is 8.42 Å². The number of sulfonamides is 1. The van der Waals surface area contributed by atoms with Crippen molar-refractivity contribution >= 4 is 21.4 Å². The molecule has 0 aliphatic carbocycles. The van der Waals surface area contributed by atoms with Crippen molar-refractivity contribution in [3.63, 3.8) is 0 Å². The number of hydrogen-bond donors (Lipinski definition) is 1. The molecule has 0 aromatic heterocycles. The molecule has 2 atom stereocenters. The van der Waals surface area contributed by atoms with Crippen molar-refractivity contribution in [1.82, 2.24) is 4.31 Å². The van der Waals surface area contributed by atoms with Gasteiger partial charge in [0, 0.05) is 19.2 Å². The number of nitro benzene ring substituents is 1. The zero-order valence-corrected chi connectivity index (χ0v) is 12.5. The molecule has 21 heavy (non-hydrogen) atoms. The SMILES string of the molecule is C[C@@H]1CN(S(=O)(=O)c2ccc(N)c([N+](=O)[O-])c2)C[C@H](C)O1. The van der Waals surface area contributed by atoms with Crippen LogP contribution in [0.3, 0.4) is 0 Å². The molecule has 9 heteroatoms. The van der Waals surface area contributed by atoms with Gasteiger partial charge in [0.25, 0.3) is 5.69 Å². The molecule has 8 nitrogen and oxygen atoms in total. The lowest BCUT2D eigenvalue weighted by Crippen LogP contribution is -2.48. The topological polar surface area (TPSA) is 116 Å². The van der Waals surface area contributed by atoms with E-state index in [1.807, 2.05) is 0 Å². The van der Waals surface area contributed by atoms with Gasteiger partial charge in [-0.1, -0.05) is 0 Å². The number of morpholine rings is 1. The summed E-state index contributed by atoms with van der Waals surface area (Å²) in [7, 11) is -3.81. The van der Waals surface area contributed by atoms with E-state index >= 15 is 0 Å². The Labute approximate surface area is 122 Å². The van der Waals surface area contributed by atoms with Crippen molar-refractivity contribution in [2.24, 2.45) is 0 Å². The number of rotatable bonds is 3. The molecule has 1 aromatic rings. The van der Waals surface area contributed by atoms with Crippen molar-refractivity contribution < 1.29 is 18.1 Å². The molecule has 1 fully saturated rings. The molecular weight excluding hydrogens is 298 g/mol. The molecule has 1 aliphatic rings. The quantitative estimate of drug-likeness (QED) is 0.505. The largest absolute Gasteiger partial charge is 0.393 e. The van der Waals surface area contributed by atoms with E-state index in [1.54, 1.807) is 13.8 Å². The zero-order valence-electron chi connectivity index (χ0n) is 11.7. The third kappa shape index (κ3) is 3.14. The highest BCUT2D eigenvalue weighted by molar-refractivity contribution is 7.89. The average molecular weight is 315 g/mol. The Kier molecular flexibility index (Phi) is 4.17. The predicted molar refractivity (Wildman–Crippen MR) is 76.3 cm³/mol. The van der Waals surface area contributed by atoms with Crippen LogP contribution in [0.4, 0.5) is 11.4 Å². The van der Waals surface area contributed by atoms with Crippen LogP contribution in [0.25, 0.3) is 0 Å². The molecule has 0 saturated carbocycles. The van der Waals surface area contributed by atoms with Gasteiger partial charge in [0.1, 0.15) is 5.69 Å². The summed E-state index contributed by atoms with van der Waals surface area (Å²) in [5, 5.41) is 10.9. The van der Waals surface area contributed by atoms with E-state index < -0.39 is 20.6 Å². The standard InChI is InChI=1S/C12H17N3O5S/c1-8-6-14(7-9(2)20-8)21(18,19)10-3-4-11(13)12(5-10)15(16)17/h3-5,8-9H,6-7,13H2,1-2H3/t8-,9+. The highest BCUT2D eigenvalue weighted by atomic mass is 32.2. The van der Waals surface area contributed by atoms with Gasteiger partial charge in [0.2, 0.25) is 10.0 Å². The van der Waals surface area contributed by atoms with Gasteiger partial charge in [-0.3, -0.25) is 10.1 Å². The summed E-state index contributed by atoms with van der Waals surface area (Å²) in [5.41, 5.74) is 5.01. The minimum absolute atomic E-state index is 0.0670. The highest BCUT2D eigenvalue weighted by Gasteiger charge is 2.33. The van der Waals surface area contributed by atoms with Gasteiger partial charge in [-0.05, 0) is 26.0 Å². The van der Waals surface area contributed by atoms with Crippen LogP contribution in [-0.2, 0) is 14.8 Å². The van der Waals surface area contributed by atoms with E-state index in [0.717, 1.165) is 6.07 Å². The smallest absolute Gasteiger partial charge is 0.293 e. The number of hydrogen-bond acceptors (Lipinski definition) is 6. The van der Waals surface area contributed by atoms with Crippen LogP contribution in [0.1, 0.15) is 13.8 Å². The third-order valence-electron chi connectivity index (χ3n) is 3.22. The Morgan fingerprint density at radius 3 is 2.43 bits per heavy atom. The molecule has 1 aromatic carbocycles. The van der Waals surface area contributed by atoms with Crippen LogP contribution in [0, 0.1) is 10.1 Å². The van der Waals surface area contributed by atoms with Crippen molar-refractivity contribution in [3.05, 3.63) is 28.3 Å². The second kappa shape index (κ2) is 5.58. The molecule has 0 radical (unpaired) electrons. The first-order valence-corrected chi connectivity index (χ1v) is 7.85. The number of benzene rings is 1. The van der Waals surface area contributed by atoms with Crippen LogP contribution < -0.4 is 5.73 Å². The number of nitro groups is 1. The minimum atomic E-state index is -3.81. The van der Waals surface area contributed by atoms with Crippen molar-refractivity contribution in [2.75, 3.05) is 18.8 Å². The predicted octanol–water partition coefficient (Wildman–Crippen LogP) is 0.975. The van der Waals surface area contributed by atoms with E-state index in [9.17, 15) is 18.5 Å². The lowest BCUT2D eigenvalue weighted by molar-refractivity contribution is -0.384. The maximum absolute atomic E-state index is 12.6. The fourth-order valence-corrected chi connectivity index (χ4v) is 3.93. The maximum atomic E-state index is 12.6. The average Bonchev–Trinajstić information content (AvgIpc) is 2.37. The van der Waals surface area contributed by atoms with E-state index in [0.29, 0.717) is 0 Å². The molecule has 0 spiro atoms. The van der Waals surface area contributed by atoms with E-state index in [2.05, 4.69) is 0 Å². The number of nitrogen functional groups attached to an aromatic ring is 1. The Balaban J connectivity index is 2.40. The third-order valence-corrected chi connectivity index (χ3v) is 5.05. The molecule has 0 amide bonds. The van der Waals surface area contributed by atoms with E-state index in [1.165, 1.54) is 16.4 Å². The lowest BCUT2D eigenvalue weighted by Gasteiger charge is -2.34.